The fourth-order valence-corrected chi connectivity index (χ4v) is 2.16. The molecular weight excluding hydrogens is 323 g/mol. The Kier molecular flexibility index (Phi) is 3.89. The second-order valence-corrected chi connectivity index (χ2v) is 4.97. The summed E-state index contributed by atoms with van der Waals surface area (Å²) in [5, 5.41) is 3.00. The van der Waals surface area contributed by atoms with E-state index in [1.807, 2.05) is 6.92 Å². The summed E-state index contributed by atoms with van der Waals surface area (Å²) in [4.78, 5) is 0. The van der Waals surface area contributed by atoms with Crippen LogP contribution in [0.4, 0.5) is 18.9 Å². The third kappa shape index (κ3) is 3.32. The van der Waals surface area contributed by atoms with Crippen LogP contribution < -0.4 is 5.32 Å². The number of benzene rings is 1. The lowest BCUT2D eigenvalue weighted by atomic mass is 10.1. The highest BCUT2D eigenvalue weighted by molar-refractivity contribution is 9.10. The summed E-state index contributed by atoms with van der Waals surface area (Å²) in [6.07, 6.45) is -1.30. The van der Waals surface area contributed by atoms with Crippen molar-refractivity contribution >= 4 is 21.6 Å². The topological polar surface area (TPSA) is 25.2 Å². The third-order valence-corrected chi connectivity index (χ3v) is 3.39. The Morgan fingerprint density at radius 2 is 2.00 bits per heavy atom. The van der Waals surface area contributed by atoms with E-state index < -0.39 is 11.7 Å². The van der Waals surface area contributed by atoms with Gasteiger partial charge in [0.05, 0.1) is 24.1 Å². The van der Waals surface area contributed by atoms with Gasteiger partial charge in [0, 0.05) is 15.7 Å². The van der Waals surface area contributed by atoms with E-state index in [0.29, 0.717) is 5.69 Å². The van der Waals surface area contributed by atoms with Crippen LogP contribution in [-0.4, -0.2) is 0 Å². The molecule has 0 spiro atoms. The molecule has 2 nitrogen and oxygen atoms in total. The molecule has 1 N–H and O–H groups in total. The van der Waals surface area contributed by atoms with Crippen molar-refractivity contribution in [2.75, 3.05) is 5.32 Å². The maximum Gasteiger partial charge on any atom is 0.417 e. The number of halogens is 4. The average molecular weight is 334 g/mol. The zero-order valence-corrected chi connectivity index (χ0v) is 11.5. The Hall–Kier alpha value is -1.43. The predicted octanol–water partition coefficient (Wildman–Crippen LogP) is 5.23. The molecule has 1 aromatic heterocycles. The summed E-state index contributed by atoms with van der Waals surface area (Å²) < 4.78 is 43.3. The molecule has 0 aliphatic rings. The van der Waals surface area contributed by atoms with E-state index >= 15 is 0 Å². The minimum atomic E-state index is -4.38. The second-order valence-electron chi connectivity index (χ2n) is 4.12. The van der Waals surface area contributed by atoms with Crippen LogP contribution in [0.2, 0.25) is 0 Å². The van der Waals surface area contributed by atoms with Gasteiger partial charge in [-0.25, -0.2) is 0 Å². The Bertz CT molecular complexity index is 552. The van der Waals surface area contributed by atoms with E-state index in [-0.39, 0.29) is 10.5 Å². The number of hydrogen-bond donors (Lipinski definition) is 1. The molecule has 0 fully saturated rings. The monoisotopic (exact) mass is 333 g/mol. The molecule has 2 aromatic rings. The lowest BCUT2D eigenvalue weighted by molar-refractivity contribution is -0.138. The molecule has 2 rings (SSSR count). The normalized spacial score (nSPS) is 13.3. The van der Waals surface area contributed by atoms with Crippen molar-refractivity contribution in [3.63, 3.8) is 0 Å². The van der Waals surface area contributed by atoms with Crippen LogP contribution in [-0.2, 0) is 6.18 Å². The van der Waals surface area contributed by atoms with Crippen LogP contribution in [0.15, 0.2) is 45.7 Å². The highest BCUT2D eigenvalue weighted by Gasteiger charge is 2.33. The molecule has 1 unspecified atom stereocenters. The average Bonchev–Trinajstić information content (AvgIpc) is 2.83. The first-order chi connectivity index (χ1) is 8.88. The van der Waals surface area contributed by atoms with Crippen LogP contribution in [0.25, 0.3) is 0 Å². The highest BCUT2D eigenvalue weighted by Crippen LogP contribution is 2.36. The predicted molar refractivity (Wildman–Crippen MR) is 69.9 cm³/mol. The van der Waals surface area contributed by atoms with Crippen LogP contribution in [0.5, 0.6) is 0 Å². The number of furan rings is 1. The largest absolute Gasteiger partial charge is 0.472 e. The van der Waals surface area contributed by atoms with Crippen molar-refractivity contribution in [3.05, 3.63) is 52.4 Å². The fraction of sp³-hybridized carbons (Fsp3) is 0.231. The van der Waals surface area contributed by atoms with Crippen LogP contribution in [0.3, 0.4) is 0 Å². The van der Waals surface area contributed by atoms with Gasteiger partial charge in [-0.3, -0.25) is 0 Å². The summed E-state index contributed by atoms with van der Waals surface area (Å²) in [6.45, 7) is 1.85. The van der Waals surface area contributed by atoms with Gasteiger partial charge < -0.3 is 9.73 Å². The standard InChI is InChI=1S/C13H11BrF3NO/c1-8(9-4-5-19-7-9)18-10-2-3-12(14)11(6-10)13(15,16)17/h2-8,18H,1H3. The molecule has 0 radical (unpaired) electrons. The Balaban J connectivity index is 2.22. The van der Waals surface area contributed by atoms with E-state index in [4.69, 9.17) is 4.42 Å². The van der Waals surface area contributed by atoms with Crippen LogP contribution in [0.1, 0.15) is 24.1 Å². The fourth-order valence-electron chi connectivity index (χ4n) is 1.69. The summed E-state index contributed by atoms with van der Waals surface area (Å²) >= 11 is 2.91. The molecule has 1 atom stereocenters. The van der Waals surface area contributed by atoms with Gasteiger partial charge in [-0.05, 0) is 31.2 Å². The van der Waals surface area contributed by atoms with Crippen molar-refractivity contribution in [1.29, 1.82) is 0 Å². The molecule has 0 saturated heterocycles. The molecule has 0 aliphatic carbocycles. The van der Waals surface area contributed by atoms with Crippen LogP contribution >= 0.6 is 15.9 Å². The van der Waals surface area contributed by atoms with Gasteiger partial charge in [-0.15, -0.1) is 0 Å². The van der Waals surface area contributed by atoms with Crippen molar-refractivity contribution in [1.82, 2.24) is 0 Å². The first-order valence-corrected chi connectivity index (χ1v) is 6.32. The first kappa shape index (κ1) is 14.0. The van der Waals surface area contributed by atoms with Gasteiger partial charge in [0.2, 0.25) is 0 Å². The van der Waals surface area contributed by atoms with Crippen LogP contribution in [0, 0.1) is 0 Å². The highest BCUT2D eigenvalue weighted by atomic mass is 79.9. The lowest BCUT2D eigenvalue weighted by Crippen LogP contribution is -2.09. The molecule has 1 aromatic carbocycles. The lowest BCUT2D eigenvalue weighted by Gasteiger charge is -2.16. The summed E-state index contributed by atoms with van der Waals surface area (Å²) in [5.74, 6) is 0. The zero-order valence-electron chi connectivity index (χ0n) is 9.96. The SMILES string of the molecule is CC(Nc1ccc(Br)c(C(F)(F)F)c1)c1ccoc1. The van der Waals surface area contributed by atoms with E-state index in [2.05, 4.69) is 21.2 Å². The van der Waals surface area contributed by atoms with Gasteiger partial charge in [0.25, 0.3) is 0 Å². The zero-order chi connectivity index (χ0) is 14.0. The molecule has 0 aliphatic heterocycles. The molecule has 1 heterocycles. The van der Waals surface area contributed by atoms with E-state index in [1.54, 1.807) is 18.4 Å². The van der Waals surface area contributed by atoms with E-state index in [9.17, 15) is 13.2 Å². The van der Waals surface area contributed by atoms with E-state index in [1.165, 1.54) is 12.3 Å². The Morgan fingerprint density at radius 1 is 1.26 bits per heavy atom. The second kappa shape index (κ2) is 5.28. The molecule has 0 bridgehead atoms. The van der Waals surface area contributed by atoms with Gasteiger partial charge in [-0.2, -0.15) is 13.2 Å². The number of hydrogen-bond acceptors (Lipinski definition) is 2. The Morgan fingerprint density at radius 3 is 2.58 bits per heavy atom. The molecule has 102 valence electrons. The van der Waals surface area contributed by atoms with Crippen molar-refractivity contribution in [2.45, 2.75) is 19.1 Å². The van der Waals surface area contributed by atoms with Gasteiger partial charge in [-0.1, -0.05) is 15.9 Å². The molecule has 0 amide bonds. The molecular formula is C13H11BrF3NO. The molecule has 6 heteroatoms. The summed E-state index contributed by atoms with van der Waals surface area (Å²) in [5.41, 5.74) is 0.581. The van der Waals surface area contributed by atoms with Gasteiger partial charge in [0.1, 0.15) is 0 Å². The van der Waals surface area contributed by atoms with Crippen molar-refractivity contribution in [2.24, 2.45) is 0 Å². The maximum absolute atomic E-state index is 12.8. The van der Waals surface area contributed by atoms with Crippen molar-refractivity contribution in [3.8, 4) is 0 Å². The minimum absolute atomic E-state index is 0.0292. The van der Waals surface area contributed by atoms with Gasteiger partial charge in [0.15, 0.2) is 0 Å². The quantitative estimate of drug-likeness (QED) is 0.831. The molecule has 0 saturated carbocycles. The minimum Gasteiger partial charge on any atom is -0.472 e. The van der Waals surface area contributed by atoms with Gasteiger partial charge >= 0.3 is 6.18 Å². The summed E-state index contributed by atoms with van der Waals surface area (Å²) in [7, 11) is 0. The molecule has 19 heavy (non-hydrogen) atoms. The number of alkyl halides is 3. The number of nitrogens with one attached hydrogen (secondary N) is 1. The van der Waals surface area contributed by atoms with Crippen molar-refractivity contribution < 1.29 is 17.6 Å². The number of anilines is 1. The first-order valence-electron chi connectivity index (χ1n) is 5.53. The summed E-state index contributed by atoms with van der Waals surface area (Å²) in [6, 6.07) is 5.69. The smallest absolute Gasteiger partial charge is 0.417 e. The Labute approximate surface area is 116 Å². The third-order valence-electron chi connectivity index (χ3n) is 2.70. The number of rotatable bonds is 3. The maximum atomic E-state index is 12.8. The van der Waals surface area contributed by atoms with E-state index in [0.717, 1.165) is 11.6 Å².